The number of hydrogen-bond acceptors (Lipinski definition) is 8. The molecular formula is C21H20ClN5OS2. The van der Waals surface area contributed by atoms with Crippen LogP contribution in [-0.2, 0) is 0 Å². The van der Waals surface area contributed by atoms with Crippen molar-refractivity contribution in [1.82, 2.24) is 19.9 Å². The second-order valence-corrected chi connectivity index (χ2v) is 8.29. The Morgan fingerprint density at radius 1 is 0.933 bits per heavy atom. The second-order valence-electron chi connectivity index (χ2n) is 6.39. The number of aryl methyl sites for hydroxylation is 3. The summed E-state index contributed by atoms with van der Waals surface area (Å²) >= 11 is 2.98. The monoisotopic (exact) mass is 457 g/mol. The molecule has 0 spiro atoms. The van der Waals surface area contributed by atoms with Crippen LogP contribution in [0.4, 0.5) is 10.9 Å². The smallest absolute Gasteiger partial charge is 0.192 e. The summed E-state index contributed by atoms with van der Waals surface area (Å²) in [5.74, 6) is 1.95. The molecule has 6 nitrogen and oxygen atoms in total. The van der Waals surface area contributed by atoms with E-state index in [1.54, 1.807) is 6.20 Å². The molecule has 154 valence electrons. The molecule has 0 bridgehead atoms. The Hall–Kier alpha value is -2.68. The number of aromatic nitrogens is 4. The highest BCUT2D eigenvalue weighted by Crippen LogP contribution is 2.35. The van der Waals surface area contributed by atoms with Crippen LogP contribution in [0.2, 0.25) is 0 Å². The molecule has 3 aromatic heterocycles. The van der Waals surface area contributed by atoms with Crippen molar-refractivity contribution in [1.29, 1.82) is 0 Å². The molecule has 9 heteroatoms. The largest absolute Gasteiger partial charge is 0.453 e. The zero-order valence-electron chi connectivity index (χ0n) is 16.6. The van der Waals surface area contributed by atoms with Gasteiger partial charge in [0, 0.05) is 33.9 Å². The Labute approximate surface area is 189 Å². The molecule has 0 amide bonds. The fraction of sp³-hybridized carbons (Fsp3) is 0.143. The van der Waals surface area contributed by atoms with Crippen LogP contribution in [0.25, 0.3) is 0 Å². The Kier molecular flexibility index (Phi) is 7.25. The van der Waals surface area contributed by atoms with E-state index in [1.165, 1.54) is 23.1 Å². The van der Waals surface area contributed by atoms with E-state index in [4.69, 9.17) is 4.74 Å². The van der Waals surface area contributed by atoms with Crippen LogP contribution in [-0.4, -0.2) is 19.9 Å². The molecule has 0 radical (unpaired) electrons. The van der Waals surface area contributed by atoms with Crippen LogP contribution in [0.3, 0.4) is 0 Å². The number of para-hydroxylation sites is 1. The summed E-state index contributed by atoms with van der Waals surface area (Å²) in [5.41, 5.74) is 2.83. The van der Waals surface area contributed by atoms with Gasteiger partial charge < -0.3 is 10.1 Å². The van der Waals surface area contributed by atoms with Crippen molar-refractivity contribution in [3.05, 3.63) is 71.1 Å². The average molecular weight is 458 g/mol. The molecule has 0 fully saturated rings. The third-order valence-electron chi connectivity index (χ3n) is 3.81. The molecule has 1 N–H and O–H groups in total. The first-order chi connectivity index (χ1) is 14.0. The number of pyridine rings is 1. The summed E-state index contributed by atoms with van der Waals surface area (Å²) in [5, 5.41) is 6.70. The second kappa shape index (κ2) is 9.88. The summed E-state index contributed by atoms with van der Waals surface area (Å²) in [7, 11) is 0. The minimum atomic E-state index is 0. The number of thiazole rings is 1. The molecule has 0 aliphatic heterocycles. The van der Waals surface area contributed by atoms with Crippen molar-refractivity contribution >= 4 is 46.5 Å². The van der Waals surface area contributed by atoms with Crippen LogP contribution >= 0.6 is 35.5 Å². The van der Waals surface area contributed by atoms with Crippen molar-refractivity contribution in [3.63, 3.8) is 0 Å². The predicted octanol–water partition coefficient (Wildman–Crippen LogP) is 6.36. The number of nitrogens with zero attached hydrogens (tertiary/aromatic N) is 4. The zero-order chi connectivity index (χ0) is 20.2. The first kappa shape index (κ1) is 22.0. The molecule has 0 aliphatic rings. The molecule has 4 aromatic rings. The summed E-state index contributed by atoms with van der Waals surface area (Å²) in [6.07, 6.45) is 1.78. The maximum atomic E-state index is 6.11. The molecule has 4 rings (SSSR count). The highest BCUT2D eigenvalue weighted by Gasteiger charge is 2.13. The highest BCUT2D eigenvalue weighted by molar-refractivity contribution is 7.99. The van der Waals surface area contributed by atoms with Crippen molar-refractivity contribution in [3.8, 4) is 11.5 Å². The molecular weight excluding hydrogens is 438 g/mol. The quantitative estimate of drug-likeness (QED) is 0.337. The van der Waals surface area contributed by atoms with Crippen LogP contribution in [0.5, 0.6) is 11.5 Å². The maximum Gasteiger partial charge on any atom is 0.192 e. The number of halogens is 1. The van der Waals surface area contributed by atoms with E-state index in [1.807, 2.05) is 68.6 Å². The van der Waals surface area contributed by atoms with E-state index in [9.17, 15) is 0 Å². The minimum absolute atomic E-state index is 0. The fourth-order valence-corrected chi connectivity index (χ4v) is 4.18. The lowest BCUT2D eigenvalue weighted by atomic mass is 10.3. The van der Waals surface area contributed by atoms with Crippen LogP contribution < -0.4 is 10.1 Å². The van der Waals surface area contributed by atoms with Crippen LogP contribution in [0.15, 0.2) is 64.1 Å². The van der Waals surface area contributed by atoms with Gasteiger partial charge in [-0.1, -0.05) is 18.2 Å². The Balaban J connectivity index is 0.00000256. The Bertz CT molecular complexity index is 1120. The number of nitrogens with one attached hydrogen (secondary N) is 1. The van der Waals surface area contributed by atoms with Gasteiger partial charge in [-0.05, 0) is 50.7 Å². The van der Waals surface area contributed by atoms with Gasteiger partial charge in [0.1, 0.15) is 5.75 Å². The van der Waals surface area contributed by atoms with Gasteiger partial charge in [0.25, 0.3) is 0 Å². The van der Waals surface area contributed by atoms with E-state index in [-0.39, 0.29) is 12.4 Å². The molecule has 30 heavy (non-hydrogen) atoms. The van der Waals surface area contributed by atoms with Gasteiger partial charge in [-0.3, -0.25) is 0 Å². The average Bonchev–Trinajstić information content (AvgIpc) is 3.09. The van der Waals surface area contributed by atoms with Crippen molar-refractivity contribution in [2.24, 2.45) is 0 Å². The first-order valence-electron chi connectivity index (χ1n) is 8.97. The van der Waals surface area contributed by atoms with E-state index < -0.39 is 0 Å². The maximum absolute atomic E-state index is 6.11. The lowest BCUT2D eigenvalue weighted by Gasteiger charge is -2.12. The van der Waals surface area contributed by atoms with Gasteiger partial charge in [-0.15, -0.1) is 23.7 Å². The standard InChI is InChI=1S/C21H19N5OS2.ClH/c1-13-9-14(2)24-21(23-13)29-17-10-18(27-16-7-5-4-6-8-16)19(22-11-17)26-20-25-15(3)12-28-20;/h4-12H,1-3H3,(H,22,25,26);1H. The molecule has 0 unspecified atom stereocenters. The molecule has 3 heterocycles. The molecule has 0 saturated carbocycles. The number of ether oxygens (including phenoxy) is 1. The molecule has 0 aliphatic carbocycles. The molecule has 0 atom stereocenters. The SMILES string of the molecule is Cc1cc(C)nc(Sc2cnc(Nc3nc(C)cs3)c(Oc3ccccc3)c2)n1.Cl. The summed E-state index contributed by atoms with van der Waals surface area (Å²) < 4.78 is 6.11. The van der Waals surface area contributed by atoms with E-state index in [2.05, 4.69) is 25.3 Å². The van der Waals surface area contributed by atoms with E-state index in [0.29, 0.717) is 16.7 Å². The van der Waals surface area contributed by atoms with Crippen LogP contribution in [0.1, 0.15) is 17.1 Å². The lowest BCUT2D eigenvalue weighted by Crippen LogP contribution is -1.98. The van der Waals surface area contributed by atoms with Gasteiger partial charge >= 0.3 is 0 Å². The van der Waals surface area contributed by atoms with Gasteiger partial charge in [0.15, 0.2) is 21.9 Å². The van der Waals surface area contributed by atoms with Gasteiger partial charge in [-0.2, -0.15) is 0 Å². The normalized spacial score (nSPS) is 10.4. The molecule has 1 aromatic carbocycles. The van der Waals surface area contributed by atoms with Crippen molar-refractivity contribution < 1.29 is 4.74 Å². The summed E-state index contributed by atoms with van der Waals surface area (Å²) in [6, 6.07) is 13.5. The van der Waals surface area contributed by atoms with Gasteiger partial charge in [0.2, 0.25) is 0 Å². The minimum Gasteiger partial charge on any atom is -0.453 e. The summed E-state index contributed by atoms with van der Waals surface area (Å²) in [6.45, 7) is 5.88. The Morgan fingerprint density at radius 3 is 2.33 bits per heavy atom. The third kappa shape index (κ3) is 5.69. The lowest BCUT2D eigenvalue weighted by molar-refractivity contribution is 0.481. The van der Waals surface area contributed by atoms with Crippen molar-refractivity contribution in [2.75, 3.05) is 5.32 Å². The number of hydrogen-bond donors (Lipinski definition) is 1. The van der Waals surface area contributed by atoms with E-state index >= 15 is 0 Å². The van der Waals surface area contributed by atoms with Crippen molar-refractivity contribution in [2.45, 2.75) is 30.8 Å². The number of anilines is 2. The fourth-order valence-electron chi connectivity index (χ4n) is 2.63. The predicted molar refractivity (Wildman–Crippen MR) is 124 cm³/mol. The van der Waals surface area contributed by atoms with Gasteiger partial charge in [0.05, 0.1) is 5.69 Å². The third-order valence-corrected chi connectivity index (χ3v) is 5.51. The first-order valence-corrected chi connectivity index (χ1v) is 10.7. The van der Waals surface area contributed by atoms with Gasteiger partial charge in [-0.25, -0.2) is 19.9 Å². The number of benzene rings is 1. The topological polar surface area (TPSA) is 72.8 Å². The molecule has 0 saturated heterocycles. The van der Waals surface area contributed by atoms with E-state index in [0.717, 1.165) is 32.9 Å². The Morgan fingerprint density at radius 2 is 1.67 bits per heavy atom. The van der Waals surface area contributed by atoms with Crippen LogP contribution in [0, 0.1) is 20.8 Å². The highest BCUT2D eigenvalue weighted by atomic mass is 35.5. The number of rotatable bonds is 6. The zero-order valence-corrected chi connectivity index (χ0v) is 19.1. The summed E-state index contributed by atoms with van der Waals surface area (Å²) in [4.78, 5) is 18.9.